The van der Waals surface area contributed by atoms with Crippen molar-refractivity contribution in [2.75, 3.05) is 7.11 Å². The van der Waals surface area contributed by atoms with Gasteiger partial charge in [0.25, 0.3) is 0 Å². The molecule has 1 N–H and O–H groups in total. The number of rotatable bonds is 4. The van der Waals surface area contributed by atoms with Crippen molar-refractivity contribution >= 4 is 5.97 Å². The van der Waals surface area contributed by atoms with Gasteiger partial charge in [-0.1, -0.05) is 12.1 Å². The quantitative estimate of drug-likeness (QED) is 0.920. The van der Waals surface area contributed by atoms with Crippen molar-refractivity contribution in [3.8, 4) is 17.0 Å². The van der Waals surface area contributed by atoms with Crippen LogP contribution in [0.2, 0.25) is 0 Å². The number of hydrogen-bond donors (Lipinski definition) is 1. The molecule has 19 heavy (non-hydrogen) atoms. The first kappa shape index (κ1) is 13.1. The van der Waals surface area contributed by atoms with E-state index in [1.165, 1.54) is 25.3 Å². The number of nitrogens with zero attached hydrogens (tertiary/aromatic N) is 1. The van der Waals surface area contributed by atoms with Crippen molar-refractivity contribution in [2.24, 2.45) is 0 Å². The number of ether oxygens (including phenoxy) is 1. The predicted octanol–water partition coefficient (Wildman–Crippen LogP) is 2.75. The van der Waals surface area contributed by atoms with Crippen LogP contribution < -0.4 is 4.74 Å². The first-order valence-electron chi connectivity index (χ1n) is 5.64. The second kappa shape index (κ2) is 5.09. The number of aromatic carboxylic acids is 1. The van der Waals surface area contributed by atoms with Crippen molar-refractivity contribution in [3.05, 3.63) is 35.3 Å². The van der Waals surface area contributed by atoms with Gasteiger partial charge in [-0.2, -0.15) is 0 Å². The van der Waals surface area contributed by atoms with Gasteiger partial charge in [-0.15, -0.1) is 0 Å². The van der Waals surface area contributed by atoms with Crippen LogP contribution in [0.15, 0.2) is 22.7 Å². The van der Waals surface area contributed by atoms with Crippen LogP contribution in [-0.4, -0.2) is 23.3 Å². The molecule has 0 unspecified atom stereocenters. The van der Waals surface area contributed by atoms with Gasteiger partial charge in [0.15, 0.2) is 17.3 Å². The van der Waals surface area contributed by atoms with Crippen molar-refractivity contribution < 1.29 is 23.6 Å². The number of benzene rings is 1. The Bertz CT molecular complexity index is 621. The van der Waals surface area contributed by atoms with Crippen LogP contribution in [0.4, 0.5) is 4.39 Å². The van der Waals surface area contributed by atoms with E-state index >= 15 is 0 Å². The summed E-state index contributed by atoms with van der Waals surface area (Å²) in [6.45, 7) is 1.76. The molecule has 1 heterocycles. The number of hydrogen-bond acceptors (Lipinski definition) is 4. The summed E-state index contributed by atoms with van der Waals surface area (Å²) in [5, 5.41) is 12.9. The third kappa shape index (κ3) is 2.29. The Kier molecular flexibility index (Phi) is 3.50. The molecule has 0 amide bonds. The second-order valence-electron chi connectivity index (χ2n) is 3.84. The van der Waals surface area contributed by atoms with Gasteiger partial charge in [0.05, 0.1) is 7.11 Å². The SMILES string of the molecule is CCc1onc(-c2ccc(OC)c(F)c2)c1C(=O)O. The lowest BCUT2D eigenvalue weighted by Crippen LogP contribution is -2.01. The highest BCUT2D eigenvalue weighted by molar-refractivity contribution is 5.95. The zero-order valence-corrected chi connectivity index (χ0v) is 10.4. The molecule has 2 aromatic rings. The Morgan fingerprint density at radius 3 is 2.79 bits per heavy atom. The molecular formula is C13H12FNO4. The number of methoxy groups -OCH3 is 1. The van der Waals surface area contributed by atoms with Gasteiger partial charge >= 0.3 is 5.97 Å². The van der Waals surface area contributed by atoms with Crippen molar-refractivity contribution in [2.45, 2.75) is 13.3 Å². The lowest BCUT2D eigenvalue weighted by atomic mass is 10.0. The maximum atomic E-state index is 13.6. The standard InChI is InChI=1S/C13H12FNO4/c1-3-9-11(13(16)17)12(15-19-9)7-4-5-10(18-2)8(14)6-7/h4-6H,3H2,1-2H3,(H,16,17). The molecule has 0 bridgehead atoms. The smallest absolute Gasteiger partial charge is 0.341 e. The average Bonchev–Trinajstić information content (AvgIpc) is 2.82. The number of aromatic nitrogens is 1. The summed E-state index contributed by atoms with van der Waals surface area (Å²) in [5.41, 5.74) is 0.414. The van der Waals surface area contributed by atoms with E-state index in [-0.39, 0.29) is 22.8 Å². The average molecular weight is 265 g/mol. The van der Waals surface area contributed by atoms with E-state index in [0.29, 0.717) is 12.0 Å². The van der Waals surface area contributed by atoms with Gasteiger partial charge in [-0.3, -0.25) is 0 Å². The highest BCUT2D eigenvalue weighted by atomic mass is 19.1. The van der Waals surface area contributed by atoms with Crippen molar-refractivity contribution in [1.29, 1.82) is 0 Å². The van der Waals surface area contributed by atoms with Gasteiger partial charge < -0.3 is 14.4 Å². The third-order valence-corrected chi connectivity index (χ3v) is 2.72. The predicted molar refractivity (Wildman–Crippen MR) is 64.8 cm³/mol. The molecule has 0 spiro atoms. The molecule has 0 fully saturated rings. The molecule has 0 saturated heterocycles. The van der Waals surface area contributed by atoms with Crippen LogP contribution >= 0.6 is 0 Å². The molecule has 100 valence electrons. The van der Waals surface area contributed by atoms with Crippen LogP contribution in [0.1, 0.15) is 23.0 Å². The Hall–Kier alpha value is -2.37. The maximum Gasteiger partial charge on any atom is 0.341 e. The molecule has 0 radical (unpaired) electrons. The van der Waals surface area contributed by atoms with Crippen LogP contribution in [0.25, 0.3) is 11.3 Å². The third-order valence-electron chi connectivity index (χ3n) is 2.72. The molecule has 6 heteroatoms. The van der Waals surface area contributed by atoms with Gasteiger partial charge in [0.1, 0.15) is 11.3 Å². The van der Waals surface area contributed by atoms with Crippen LogP contribution in [0.3, 0.4) is 0 Å². The first-order valence-corrected chi connectivity index (χ1v) is 5.64. The highest BCUT2D eigenvalue weighted by Crippen LogP contribution is 2.29. The van der Waals surface area contributed by atoms with Gasteiger partial charge in [0.2, 0.25) is 0 Å². The van der Waals surface area contributed by atoms with E-state index in [1.807, 2.05) is 0 Å². The molecule has 1 aromatic heterocycles. The minimum absolute atomic E-state index is 0.0351. The molecule has 0 aliphatic rings. The van der Waals surface area contributed by atoms with E-state index in [9.17, 15) is 14.3 Å². The van der Waals surface area contributed by atoms with Gasteiger partial charge in [-0.05, 0) is 18.2 Å². The lowest BCUT2D eigenvalue weighted by molar-refractivity contribution is 0.0695. The largest absolute Gasteiger partial charge is 0.494 e. The van der Waals surface area contributed by atoms with E-state index < -0.39 is 11.8 Å². The summed E-state index contributed by atoms with van der Waals surface area (Å²) < 4.78 is 23.4. The number of carboxylic acids is 1. The Balaban J connectivity index is 2.56. The molecule has 5 nitrogen and oxygen atoms in total. The fourth-order valence-corrected chi connectivity index (χ4v) is 1.80. The van der Waals surface area contributed by atoms with Crippen LogP contribution in [0, 0.1) is 5.82 Å². The first-order chi connectivity index (χ1) is 9.08. The molecule has 2 rings (SSSR count). The monoisotopic (exact) mass is 265 g/mol. The summed E-state index contributed by atoms with van der Waals surface area (Å²) in [6.07, 6.45) is 0.396. The van der Waals surface area contributed by atoms with Crippen LogP contribution in [0.5, 0.6) is 5.75 Å². The Morgan fingerprint density at radius 1 is 1.53 bits per heavy atom. The van der Waals surface area contributed by atoms with Crippen molar-refractivity contribution in [3.63, 3.8) is 0 Å². The number of carbonyl (C=O) groups is 1. The molecule has 0 saturated carbocycles. The van der Waals surface area contributed by atoms with Gasteiger partial charge in [0, 0.05) is 12.0 Å². The lowest BCUT2D eigenvalue weighted by Gasteiger charge is -2.03. The number of aryl methyl sites for hydroxylation is 1. The molecule has 1 aromatic carbocycles. The minimum atomic E-state index is -1.15. The van der Waals surface area contributed by atoms with E-state index in [0.717, 1.165) is 0 Å². The van der Waals surface area contributed by atoms with E-state index in [4.69, 9.17) is 9.26 Å². The molecular weight excluding hydrogens is 253 g/mol. The van der Waals surface area contributed by atoms with Crippen molar-refractivity contribution in [1.82, 2.24) is 5.16 Å². The zero-order chi connectivity index (χ0) is 14.0. The van der Waals surface area contributed by atoms with E-state index in [1.54, 1.807) is 6.92 Å². The summed E-state index contributed by atoms with van der Waals surface area (Å²) in [4.78, 5) is 11.2. The molecule has 0 aliphatic heterocycles. The normalized spacial score (nSPS) is 10.5. The maximum absolute atomic E-state index is 13.6. The Labute approximate surface area is 108 Å². The highest BCUT2D eigenvalue weighted by Gasteiger charge is 2.23. The number of halogens is 1. The Morgan fingerprint density at radius 2 is 2.26 bits per heavy atom. The zero-order valence-electron chi connectivity index (χ0n) is 10.4. The topological polar surface area (TPSA) is 72.6 Å². The van der Waals surface area contributed by atoms with Gasteiger partial charge in [-0.25, -0.2) is 9.18 Å². The summed E-state index contributed by atoms with van der Waals surface area (Å²) in [6, 6.07) is 4.12. The molecule has 0 atom stereocenters. The minimum Gasteiger partial charge on any atom is -0.494 e. The summed E-state index contributed by atoms with van der Waals surface area (Å²) in [5.74, 6) is -1.39. The summed E-state index contributed by atoms with van der Waals surface area (Å²) >= 11 is 0. The molecule has 0 aliphatic carbocycles. The second-order valence-corrected chi connectivity index (χ2v) is 3.84. The fraction of sp³-hybridized carbons (Fsp3) is 0.231. The number of carboxylic acid groups (broad SMARTS) is 1. The summed E-state index contributed by atoms with van der Waals surface area (Å²) in [7, 11) is 1.35. The van der Waals surface area contributed by atoms with Crippen LogP contribution in [-0.2, 0) is 6.42 Å². The van der Waals surface area contributed by atoms with E-state index in [2.05, 4.69) is 5.16 Å². The fourth-order valence-electron chi connectivity index (χ4n) is 1.80.